The Hall–Kier alpha value is -1.14. The second-order valence-electron chi connectivity index (χ2n) is 4.37. The van der Waals surface area contributed by atoms with Crippen molar-refractivity contribution in [1.29, 1.82) is 0 Å². The lowest BCUT2D eigenvalue weighted by atomic mass is 9.98. The van der Waals surface area contributed by atoms with Gasteiger partial charge in [-0.15, -0.1) is 0 Å². The van der Waals surface area contributed by atoms with Gasteiger partial charge in [-0.1, -0.05) is 0 Å². The van der Waals surface area contributed by atoms with Crippen LogP contribution in [0.3, 0.4) is 0 Å². The molecule has 0 aromatic heterocycles. The zero-order valence-corrected chi connectivity index (χ0v) is 9.63. The Morgan fingerprint density at radius 1 is 1.18 bits per heavy atom. The summed E-state index contributed by atoms with van der Waals surface area (Å²) in [5.74, 6) is -0.978. The number of carbonyl (C=O) groups is 2. The summed E-state index contributed by atoms with van der Waals surface area (Å²) < 4.78 is 10.3. The molecule has 2 heterocycles. The first kappa shape index (κ1) is 12.3. The van der Waals surface area contributed by atoms with Crippen LogP contribution in [0.1, 0.15) is 12.8 Å². The van der Waals surface area contributed by atoms with Crippen LogP contribution in [-0.4, -0.2) is 60.9 Å². The van der Waals surface area contributed by atoms with E-state index in [2.05, 4.69) is 0 Å². The lowest BCUT2D eigenvalue weighted by Gasteiger charge is -2.34. The van der Waals surface area contributed by atoms with Gasteiger partial charge in [0, 0.05) is 25.7 Å². The molecule has 0 saturated carbocycles. The van der Waals surface area contributed by atoms with Crippen molar-refractivity contribution in [2.45, 2.75) is 18.9 Å². The monoisotopic (exact) mass is 243 g/mol. The zero-order chi connectivity index (χ0) is 12.3. The average Bonchev–Trinajstić information content (AvgIpc) is 2.39. The maximum Gasteiger partial charge on any atom is 0.334 e. The minimum Gasteiger partial charge on any atom is -0.479 e. The van der Waals surface area contributed by atoms with Crippen molar-refractivity contribution < 1.29 is 24.2 Å². The smallest absolute Gasteiger partial charge is 0.334 e. The van der Waals surface area contributed by atoms with Gasteiger partial charge in [-0.05, 0) is 12.8 Å². The SMILES string of the molecule is O=C(O)C1CN(C(=O)C2CCOCC2)CCO1. The van der Waals surface area contributed by atoms with Crippen LogP contribution in [0.5, 0.6) is 0 Å². The van der Waals surface area contributed by atoms with Crippen molar-refractivity contribution in [3.63, 3.8) is 0 Å². The van der Waals surface area contributed by atoms with Crippen LogP contribution in [0.25, 0.3) is 0 Å². The molecule has 2 rings (SSSR count). The second-order valence-corrected chi connectivity index (χ2v) is 4.37. The minimum absolute atomic E-state index is 0.0173. The lowest BCUT2D eigenvalue weighted by molar-refractivity contribution is -0.161. The standard InChI is InChI=1S/C11H17NO5/c13-10(8-1-4-16-5-2-8)12-3-6-17-9(7-12)11(14)15/h8-9H,1-7H2,(H,14,15). The highest BCUT2D eigenvalue weighted by Crippen LogP contribution is 2.19. The fourth-order valence-electron chi connectivity index (χ4n) is 2.20. The van der Waals surface area contributed by atoms with Crippen LogP contribution in [0.2, 0.25) is 0 Å². The Morgan fingerprint density at radius 3 is 2.53 bits per heavy atom. The third-order valence-electron chi connectivity index (χ3n) is 3.22. The topological polar surface area (TPSA) is 76.1 Å². The highest BCUT2D eigenvalue weighted by Gasteiger charge is 2.32. The van der Waals surface area contributed by atoms with Crippen LogP contribution in [-0.2, 0) is 19.1 Å². The third-order valence-corrected chi connectivity index (χ3v) is 3.22. The number of ether oxygens (including phenoxy) is 2. The Kier molecular flexibility index (Phi) is 3.96. The molecule has 1 unspecified atom stereocenters. The summed E-state index contributed by atoms with van der Waals surface area (Å²) in [6.45, 7) is 2.17. The van der Waals surface area contributed by atoms with Crippen LogP contribution >= 0.6 is 0 Å². The number of carboxylic acids is 1. The van der Waals surface area contributed by atoms with Crippen molar-refractivity contribution in [3.05, 3.63) is 0 Å². The molecular weight excluding hydrogens is 226 g/mol. The molecule has 0 bridgehead atoms. The van der Waals surface area contributed by atoms with Crippen LogP contribution < -0.4 is 0 Å². The van der Waals surface area contributed by atoms with E-state index in [1.165, 1.54) is 0 Å². The van der Waals surface area contributed by atoms with Crippen molar-refractivity contribution in [1.82, 2.24) is 4.90 Å². The number of hydrogen-bond acceptors (Lipinski definition) is 4. The third kappa shape index (κ3) is 2.95. The van der Waals surface area contributed by atoms with Gasteiger partial charge < -0.3 is 19.5 Å². The molecule has 0 radical (unpaired) electrons. The van der Waals surface area contributed by atoms with Gasteiger partial charge >= 0.3 is 5.97 Å². The molecular formula is C11H17NO5. The number of aliphatic carboxylic acids is 1. The van der Waals surface area contributed by atoms with E-state index in [9.17, 15) is 9.59 Å². The van der Waals surface area contributed by atoms with Crippen molar-refractivity contribution in [3.8, 4) is 0 Å². The van der Waals surface area contributed by atoms with Crippen LogP contribution in [0, 0.1) is 5.92 Å². The molecule has 1 N–H and O–H groups in total. The number of nitrogens with zero attached hydrogens (tertiary/aromatic N) is 1. The van der Waals surface area contributed by atoms with Crippen LogP contribution in [0.4, 0.5) is 0 Å². The molecule has 0 spiro atoms. The fourth-order valence-corrected chi connectivity index (χ4v) is 2.20. The maximum absolute atomic E-state index is 12.1. The zero-order valence-electron chi connectivity index (χ0n) is 9.63. The predicted octanol–water partition coefficient (Wildman–Crippen LogP) is -0.275. The van der Waals surface area contributed by atoms with Gasteiger partial charge in [0.1, 0.15) is 0 Å². The van der Waals surface area contributed by atoms with E-state index in [1.807, 2.05) is 0 Å². The van der Waals surface area contributed by atoms with Gasteiger partial charge in [-0.2, -0.15) is 0 Å². The predicted molar refractivity (Wildman–Crippen MR) is 57.5 cm³/mol. The summed E-state index contributed by atoms with van der Waals surface area (Å²) >= 11 is 0. The highest BCUT2D eigenvalue weighted by molar-refractivity contribution is 5.80. The Labute approximate surface area is 99.5 Å². The van der Waals surface area contributed by atoms with E-state index >= 15 is 0 Å². The molecule has 6 heteroatoms. The van der Waals surface area contributed by atoms with Gasteiger partial charge in [-0.25, -0.2) is 4.79 Å². The Balaban J connectivity index is 1.91. The Morgan fingerprint density at radius 2 is 1.88 bits per heavy atom. The highest BCUT2D eigenvalue weighted by atomic mass is 16.5. The van der Waals surface area contributed by atoms with E-state index < -0.39 is 12.1 Å². The summed E-state index contributed by atoms with van der Waals surface area (Å²) in [7, 11) is 0. The second kappa shape index (κ2) is 5.46. The van der Waals surface area contributed by atoms with E-state index in [0.29, 0.717) is 26.4 Å². The van der Waals surface area contributed by atoms with Crippen molar-refractivity contribution in [2.75, 3.05) is 32.9 Å². The minimum atomic E-state index is -1.01. The van der Waals surface area contributed by atoms with Crippen LogP contribution in [0.15, 0.2) is 0 Å². The summed E-state index contributed by atoms with van der Waals surface area (Å²) in [6, 6.07) is 0. The number of amides is 1. The quantitative estimate of drug-likeness (QED) is 0.722. The summed E-state index contributed by atoms with van der Waals surface area (Å²) in [5, 5.41) is 8.87. The molecule has 2 aliphatic heterocycles. The molecule has 2 aliphatic rings. The molecule has 96 valence electrons. The van der Waals surface area contributed by atoms with Gasteiger partial charge in [0.2, 0.25) is 5.91 Å². The number of carboxylic acid groups (broad SMARTS) is 1. The lowest BCUT2D eigenvalue weighted by Crippen LogP contribution is -2.50. The summed E-state index contributed by atoms with van der Waals surface area (Å²) in [5.41, 5.74) is 0. The molecule has 0 aromatic rings. The first-order valence-electron chi connectivity index (χ1n) is 5.89. The van der Waals surface area contributed by atoms with Gasteiger partial charge in [0.15, 0.2) is 6.10 Å². The molecule has 2 fully saturated rings. The molecule has 2 saturated heterocycles. The maximum atomic E-state index is 12.1. The first-order chi connectivity index (χ1) is 8.18. The van der Waals surface area contributed by atoms with E-state index in [0.717, 1.165) is 12.8 Å². The fraction of sp³-hybridized carbons (Fsp3) is 0.818. The number of rotatable bonds is 2. The number of carbonyl (C=O) groups excluding carboxylic acids is 1. The summed E-state index contributed by atoms with van der Waals surface area (Å²) in [6.07, 6.45) is 0.578. The first-order valence-corrected chi connectivity index (χ1v) is 5.89. The number of morpholine rings is 1. The van der Waals surface area contributed by atoms with E-state index in [4.69, 9.17) is 14.6 Å². The average molecular weight is 243 g/mol. The van der Waals surface area contributed by atoms with Gasteiger partial charge in [0.05, 0.1) is 13.2 Å². The van der Waals surface area contributed by atoms with Gasteiger partial charge in [-0.3, -0.25) is 4.79 Å². The van der Waals surface area contributed by atoms with E-state index in [1.54, 1.807) is 4.90 Å². The molecule has 0 aliphatic carbocycles. The largest absolute Gasteiger partial charge is 0.479 e. The molecule has 1 atom stereocenters. The van der Waals surface area contributed by atoms with Gasteiger partial charge in [0.25, 0.3) is 0 Å². The van der Waals surface area contributed by atoms with Crippen molar-refractivity contribution in [2.24, 2.45) is 5.92 Å². The molecule has 0 aromatic carbocycles. The molecule has 6 nitrogen and oxygen atoms in total. The molecule has 17 heavy (non-hydrogen) atoms. The van der Waals surface area contributed by atoms with Crippen molar-refractivity contribution >= 4 is 11.9 Å². The van der Waals surface area contributed by atoms with E-state index in [-0.39, 0.29) is 18.4 Å². The summed E-state index contributed by atoms with van der Waals surface area (Å²) in [4.78, 5) is 24.6. The molecule has 1 amide bonds. The Bertz CT molecular complexity index is 300. The number of hydrogen-bond donors (Lipinski definition) is 1. The normalized spacial score (nSPS) is 26.8.